The van der Waals surface area contributed by atoms with E-state index >= 15 is 0 Å². The lowest BCUT2D eigenvalue weighted by Gasteiger charge is -2.14. The molecule has 1 aromatic carbocycles. The molecule has 0 aliphatic carbocycles. The molecule has 0 bridgehead atoms. The van der Waals surface area contributed by atoms with Crippen LogP contribution >= 0.6 is 11.6 Å². The zero-order valence-electron chi connectivity index (χ0n) is 14.8. The second kappa shape index (κ2) is 6.59. The molecule has 1 atom stereocenters. The minimum atomic E-state index is -4.48. The van der Waals surface area contributed by atoms with Crippen LogP contribution in [0.3, 0.4) is 0 Å². The molecule has 0 saturated carbocycles. The van der Waals surface area contributed by atoms with Gasteiger partial charge in [-0.3, -0.25) is 0 Å². The van der Waals surface area contributed by atoms with Crippen LogP contribution in [0.15, 0.2) is 42.9 Å². The first-order chi connectivity index (χ1) is 13.2. The van der Waals surface area contributed by atoms with E-state index in [0.717, 1.165) is 17.1 Å². The fourth-order valence-electron chi connectivity index (χ4n) is 3.02. The van der Waals surface area contributed by atoms with Crippen molar-refractivity contribution in [1.29, 1.82) is 0 Å². The molecule has 28 heavy (non-hydrogen) atoms. The lowest BCUT2D eigenvalue weighted by molar-refractivity contribution is -0.140. The van der Waals surface area contributed by atoms with Crippen molar-refractivity contribution in [1.82, 2.24) is 29.3 Å². The van der Waals surface area contributed by atoms with Crippen molar-refractivity contribution in [2.45, 2.75) is 19.1 Å². The van der Waals surface area contributed by atoms with Crippen molar-refractivity contribution < 1.29 is 13.2 Å². The summed E-state index contributed by atoms with van der Waals surface area (Å²) >= 11 is 5.88. The Hall–Kier alpha value is -2.94. The van der Waals surface area contributed by atoms with Crippen LogP contribution in [0.1, 0.15) is 24.2 Å². The standard InChI is InChI=1S/C18H14ClF3N6/c1-10(28-16-13(8-24-28)7-23-17(19)26-16)11-3-5-12(6-4-11)15-25-14(9-27(15)2)18(20,21)22/h3-10H,1-2H3. The molecule has 10 heteroatoms. The third-order valence-corrected chi connectivity index (χ3v) is 4.67. The Balaban J connectivity index is 1.66. The summed E-state index contributed by atoms with van der Waals surface area (Å²) in [4.78, 5) is 11.9. The van der Waals surface area contributed by atoms with Gasteiger partial charge in [0.2, 0.25) is 5.28 Å². The van der Waals surface area contributed by atoms with Crippen LogP contribution in [0, 0.1) is 0 Å². The van der Waals surface area contributed by atoms with Crippen LogP contribution in [0.2, 0.25) is 5.28 Å². The summed E-state index contributed by atoms with van der Waals surface area (Å²) in [6, 6.07) is 6.98. The molecule has 144 valence electrons. The Bertz CT molecular complexity index is 1150. The predicted octanol–water partition coefficient (Wildman–Crippen LogP) is 4.51. The lowest BCUT2D eigenvalue weighted by Crippen LogP contribution is -2.09. The molecule has 0 aliphatic rings. The Morgan fingerprint density at radius 1 is 1.07 bits per heavy atom. The number of halogens is 4. The maximum absolute atomic E-state index is 12.9. The number of aryl methyl sites for hydroxylation is 1. The number of aromatic nitrogens is 6. The summed E-state index contributed by atoms with van der Waals surface area (Å²) in [6.07, 6.45) is -0.244. The molecule has 0 N–H and O–H groups in total. The lowest BCUT2D eigenvalue weighted by atomic mass is 10.1. The molecule has 3 aromatic heterocycles. The van der Waals surface area contributed by atoms with Gasteiger partial charge in [0.25, 0.3) is 0 Å². The number of hydrogen-bond donors (Lipinski definition) is 0. The largest absolute Gasteiger partial charge is 0.434 e. The number of benzene rings is 1. The van der Waals surface area contributed by atoms with Gasteiger partial charge in [-0.15, -0.1) is 0 Å². The van der Waals surface area contributed by atoms with Gasteiger partial charge in [0.05, 0.1) is 17.6 Å². The van der Waals surface area contributed by atoms with Gasteiger partial charge in [-0.25, -0.2) is 14.6 Å². The molecule has 0 fully saturated rings. The van der Waals surface area contributed by atoms with Crippen molar-refractivity contribution in [3.8, 4) is 11.4 Å². The smallest absolute Gasteiger partial charge is 0.333 e. The highest BCUT2D eigenvalue weighted by Crippen LogP contribution is 2.31. The zero-order chi connectivity index (χ0) is 20.1. The van der Waals surface area contributed by atoms with Gasteiger partial charge < -0.3 is 4.57 Å². The number of imidazole rings is 1. The van der Waals surface area contributed by atoms with Gasteiger partial charge in [0, 0.05) is 25.0 Å². The Kier molecular flexibility index (Phi) is 4.34. The molecular weight excluding hydrogens is 393 g/mol. The minimum Gasteiger partial charge on any atom is -0.333 e. The third kappa shape index (κ3) is 3.22. The second-order valence-corrected chi connectivity index (χ2v) is 6.70. The highest BCUT2D eigenvalue weighted by atomic mass is 35.5. The van der Waals surface area contributed by atoms with Gasteiger partial charge in [-0.1, -0.05) is 24.3 Å². The molecular formula is C18H14ClF3N6. The SMILES string of the molecule is CC(c1ccc(-c2nc(C(F)(F)F)cn2C)cc1)n1ncc2cnc(Cl)nc21. The van der Waals surface area contributed by atoms with Gasteiger partial charge >= 0.3 is 6.18 Å². The van der Waals surface area contributed by atoms with E-state index < -0.39 is 11.9 Å². The van der Waals surface area contributed by atoms with Crippen molar-refractivity contribution in [3.63, 3.8) is 0 Å². The average Bonchev–Trinajstić information content (AvgIpc) is 3.24. The highest BCUT2D eigenvalue weighted by Gasteiger charge is 2.34. The van der Waals surface area contributed by atoms with Crippen LogP contribution in [-0.4, -0.2) is 29.3 Å². The van der Waals surface area contributed by atoms with Crippen LogP contribution in [0.25, 0.3) is 22.4 Å². The molecule has 1 unspecified atom stereocenters. The summed E-state index contributed by atoms with van der Waals surface area (Å²) < 4.78 is 41.7. The van der Waals surface area contributed by atoms with Crippen LogP contribution in [0.4, 0.5) is 13.2 Å². The first-order valence-electron chi connectivity index (χ1n) is 8.30. The number of fused-ring (bicyclic) bond motifs is 1. The van der Waals surface area contributed by atoms with Crippen LogP contribution in [0.5, 0.6) is 0 Å². The van der Waals surface area contributed by atoms with E-state index in [4.69, 9.17) is 11.6 Å². The summed E-state index contributed by atoms with van der Waals surface area (Å²) in [5.74, 6) is 0.246. The summed E-state index contributed by atoms with van der Waals surface area (Å²) in [5, 5.41) is 5.25. The molecule has 6 nitrogen and oxygen atoms in total. The van der Waals surface area contributed by atoms with E-state index in [9.17, 15) is 13.2 Å². The van der Waals surface area contributed by atoms with Crippen molar-refractivity contribution in [2.75, 3.05) is 0 Å². The number of hydrogen-bond acceptors (Lipinski definition) is 4. The van der Waals surface area contributed by atoms with Crippen LogP contribution in [-0.2, 0) is 13.2 Å². The van der Waals surface area contributed by atoms with Crippen molar-refractivity contribution >= 4 is 22.6 Å². The van der Waals surface area contributed by atoms with Crippen molar-refractivity contribution in [2.24, 2.45) is 7.05 Å². The first kappa shape index (κ1) is 18.4. The molecule has 0 spiro atoms. The Labute approximate surface area is 162 Å². The Morgan fingerprint density at radius 3 is 2.43 bits per heavy atom. The van der Waals surface area contributed by atoms with E-state index in [1.165, 1.54) is 11.6 Å². The van der Waals surface area contributed by atoms with Gasteiger partial charge in [0.15, 0.2) is 11.3 Å². The first-order valence-corrected chi connectivity index (χ1v) is 8.68. The normalized spacial score (nSPS) is 13.2. The molecule has 0 saturated heterocycles. The second-order valence-electron chi connectivity index (χ2n) is 6.36. The third-order valence-electron chi connectivity index (χ3n) is 4.49. The van der Waals surface area contributed by atoms with Gasteiger partial charge in [-0.05, 0) is 24.1 Å². The number of alkyl halides is 3. The molecule has 4 rings (SSSR count). The molecule has 4 aromatic rings. The summed E-state index contributed by atoms with van der Waals surface area (Å²) in [6.45, 7) is 1.94. The van der Waals surface area contributed by atoms with E-state index in [-0.39, 0.29) is 17.1 Å². The van der Waals surface area contributed by atoms with E-state index in [1.807, 2.05) is 19.1 Å². The van der Waals surface area contributed by atoms with E-state index in [2.05, 4.69) is 20.1 Å². The zero-order valence-corrected chi connectivity index (χ0v) is 15.6. The molecule has 3 heterocycles. The van der Waals surface area contributed by atoms with Gasteiger partial charge in [0.1, 0.15) is 5.82 Å². The summed E-state index contributed by atoms with van der Waals surface area (Å²) in [7, 11) is 1.54. The maximum atomic E-state index is 12.9. The average molecular weight is 407 g/mol. The molecule has 0 amide bonds. The molecule has 0 radical (unpaired) electrons. The predicted molar refractivity (Wildman–Crippen MR) is 97.8 cm³/mol. The number of rotatable bonds is 3. The Morgan fingerprint density at radius 2 is 1.79 bits per heavy atom. The fourth-order valence-corrected chi connectivity index (χ4v) is 3.15. The van der Waals surface area contributed by atoms with Gasteiger partial charge in [-0.2, -0.15) is 23.3 Å². The van der Waals surface area contributed by atoms with E-state index in [1.54, 1.807) is 29.2 Å². The van der Waals surface area contributed by atoms with Crippen LogP contribution < -0.4 is 0 Å². The fraction of sp³-hybridized carbons (Fsp3) is 0.222. The summed E-state index contributed by atoms with van der Waals surface area (Å²) in [5.41, 5.74) is 1.19. The topological polar surface area (TPSA) is 61.4 Å². The highest BCUT2D eigenvalue weighted by molar-refractivity contribution is 6.28. The minimum absolute atomic E-state index is 0.132. The molecule has 0 aliphatic heterocycles. The monoisotopic (exact) mass is 406 g/mol. The quantitative estimate of drug-likeness (QED) is 0.470. The maximum Gasteiger partial charge on any atom is 0.434 e. The van der Waals surface area contributed by atoms with E-state index in [0.29, 0.717) is 11.2 Å². The number of nitrogens with zero attached hydrogens (tertiary/aromatic N) is 6. The van der Waals surface area contributed by atoms with Crippen molar-refractivity contribution in [3.05, 3.63) is 59.4 Å².